The topological polar surface area (TPSA) is 92.3 Å². The number of aromatic nitrogens is 3. The molecule has 8 nitrogen and oxygen atoms in total. The van der Waals surface area contributed by atoms with Gasteiger partial charge >= 0.3 is 0 Å². The first-order chi connectivity index (χ1) is 13.9. The van der Waals surface area contributed by atoms with E-state index in [1.165, 1.54) is 17.7 Å². The Morgan fingerprint density at radius 3 is 2.79 bits per heavy atom. The molecule has 0 bridgehead atoms. The van der Waals surface area contributed by atoms with Gasteiger partial charge < -0.3 is 20.3 Å². The Morgan fingerprint density at radius 1 is 1.28 bits per heavy atom. The van der Waals surface area contributed by atoms with E-state index in [1.54, 1.807) is 6.20 Å². The van der Waals surface area contributed by atoms with Gasteiger partial charge in [0.25, 0.3) is 5.91 Å². The lowest BCUT2D eigenvalue weighted by Crippen LogP contribution is -2.31. The summed E-state index contributed by atoms with van der Waals surface area (Å²) in [5.74, 6) is 1.03. The average Bonchev–Trinajstić information content (AvgIpc) is 3.00. The van der Waals surface area contributed by atoms with Gasteiger partial charge in [-0.05, 0) is 52.6 Å². The highest BCUT2D eigenvalue weighted by atomic mass is 32.1. The lowest BCUT2D eigenvalue weighted by atomic mass is 10.2. The van der Waals surface area contributed by atoms with Gasteiger partial charge in [-0.15, -0.1) is 11.3 Å². The van der Waals surface area contributed by atoms with Crippen LogP contribution in [0.3, 0.4) is 0 Å². The monoisotopic (exact) mass is 414 g/mol. The molecule has 3 rings (SSSR count). The number of hydrogen-bond acceptors (Lipinski definition) is 8. The number of thiophene rings is 1. The van der Waals surface area contributed by atoms with Crippen molar-refractivity contribution in [2.24, 2.45) is 0 Å². The molecule has 3 aromatic rings. The second-order valence-electron chi connectivity index (χ2n) is 7.17. The maximum Gasteiger partial charge on any atom is 0.261 e. The fourth-order valence-corrected chi connectivity index (χ4v) is 3.85. The van der Waals surface area contributed by atoms with E-state index in [2.05, 4.69) is 25.6 Å². The van der Waals surface area contributed by atoms with Crippen molar-refractivity contribution in [3.63, 3.8) is 0 Å². The first-order valence-electron chi connectivity index (χ1n) is 9.42. The van der Waals surface area contributed by atoms with Crippen LogP contribution in [0.2, 0.25) is 0 Å². The molecule has 1 amide bonds. The molecule has 9 heteroatoms. The highest BCUT2D eigenvalue weighted by Crippen LogP contribution is 2.35. The zero-order valence-corrected chi connectivity index (χ0v) is 18.1. The summed E-state index contributed by atoms with van der Waals surface area (Å²) in [6, 6.07) is 3.72. The summed E-state index contributed by atoms with van der Waals surface area (Å²) in [6.45, 7) is 7.18. The number of hydrogen-bond donors (Lipinski definition) is 2. The average molecular weight is 415 g/mol. The second-order valence-corrected chi connectivity index (χ2v) is 8.16. The van der Waals surface area contributed by atoms with Gasteiger partial charge in [0, 0.05) is 19.3 Å². The van der Waals surface area contributed by atoms with Crippen molar-refractivity contribution < 1.29 is 9.53 Å². The number of fused-ring (bicyclic) bond motifs is 1. The quantitative estimate of drug-likeness (QED) is 0.585. The number of anilines is 2. The van der Waals surface area contributed by atoms with E-state index in [1.807, 2.05) is 51.9 Å². The first kappa shape index (κ1) is 20.9. The highest BCUT2D eigenvalue weighted by Gasteiger charge is 2.20. The van der Waals surface area contributed by atoms with Crippen LogP contribution in [0, 0.1) is 6.92 Å². The number of rotatable bonds is 8. The molecule has 0 radical (unpaired) electrons. The molecule has 0 aliphatic heterocycles. The molecule has 29 heavy (non-hydrogen) atoms. The Bertz CT molecular complexity index is 1000. The zero-order chi connectivity index (χ0) is 21.0. The summed E-state index contributed by atoms with van der Waals surface area (Å²) in [7, 11) is 3.94. The lowest BCUT2D eigenvalue weighted by Gasteiger charge is -2.14. The van der Waals surface area contributed by atoms with Gasteiger partial charge in [-0.2, -0.15) is 0 Å². The molecule has 154 valence electrons. The SMILES string of the molecule is Cc1c(C(=O)NCCN(C)C)sc2ncnc(Nc3cccnc3OC(C)C)c12. The lowest BCUT2D eigenvalue weighted by molar-refractivity contribution is 0.0954. The maximum absolute atomic E-state index is 12.6. The molecule has 0 aromatic carbocycles. The van der Waals surface area contributed by atoms with Gasteiger partial charge in [0.1, 0.15) is 22.7 Å². The smallest absolute Gasteiger partial charge is 0.261 e. The van der Waals surface area contributed by atoms with Crippen LogP contribution in [0.1, 0.15) is 29.1 Å². The van der Waals surface area contributed by atoms with Crippen LogP contribution >= 0.6 is 11.3 Å². The van der Waals surface area contributed by atoms with E-state index >= 15 is 0 Å². The van der Waals surface area contributed by atoms with Crippen molar-refractivity contribution in [2.45, 2.75) is 26.9 Å². The van der Waals surface area contributed by atoms with Crippen molar-refractivity contribution >= 4 is 39.0 Å². The molecule has 0 fully saturated rings. The summed E-state index contributed by atoms with van der Waals surface area (Å²) in [5, 5.41) is 7.09. The number of likely N-dealkylation sites (N-methyl/N-ethyl adjacent to an activating group) is 1. The van der Waals surface area contributed by atoms with Crippen LogP contribution in [0.15, 0.2) is 24.7 Å². The minimum atomic E-state index is -0.0940. The van der Waals surface area contributed by atoms with Crippen molar-refractivity contribution in [1.82, 2.24) is 25.2 Å². The molecule has 3 heterocycles. The zero-order valence-electron chi connectivity index (χ0n) is 17.3. The summed E-state index contributed by atoms with van der Waals surface area (Å²) < 4.78 is 5.78. The third-order valence-corrected chi connectivity index (χ3v) is 5.35. The third-order valence-electron chi connectivity index (χ3n) is 4.15. The summed E-state index contributed by atoms with van der Waals surface area (Å²) >= 11 is 1.37. The molecule has 0 aliphatic carbocycles. The van der Waals surface area contributed by atoms with Crippen LogP contribution in [0.25, 0.3) is 10.2 Å². The fourth-order valence-electron chi connectivity index (χ4n) is 2.79. The molecule has 0 spiro atoms. The number of pyridine rings is 1. The van der Waals surface area contributed by atoms with Gasteiger partial charge in [0.2, 0.25) is 5.88 Å². The number of nitrogens with one attached hydrogen (secondary N) is 2. The van der Waals surface area contributed by atoms with Crippen LogP contribution in [0.5, 0.6) is 5.88 Å². The maximum atomic E-state index is 12.6. The van der Waals surface area contributed by atoms with Gasteiger partial charge in [0.15, 0.2) is 0 Å². The summed E-state index contributed by atoms with van der Waals surface area (Å²) in [5.41, 5.74) is 1.56. The molecule has 0 atom stereocenters. The molecule has 0 aliphatic rings. The number of aryl methyl sites for hydroxylation is 1. The van der Waals surface area contributed by atoms with Gasteiger partial charge in [0.05, 0.1) is 16.4 Å². The number of carbonyl (C=O) groups excluding carboxylic acids is 1. The molecule has 0 saturated carbocycles. The number of amides is 1. The van der Waals surface area contributed by atoms with E-state index < -0.39 is 0 Å². The largest absolute Gasteiger partial charge is 0.473 e. The number of nitrogens with zero attached hydrogens (tertiary/aromatic N) is 4. The van der Waals surface area contributed by atoms with Crippen molar-refractivity contribution in [3.8, 4) is 5.88 Å². The van der Waals surface area contributed by atoms with Gasteiger partial charge in [-0.3, -0.25) is 4.79 Å². The predicted molar refractivity (Wildman–Crippen MR) is 116 cm³/mol. The Hall–Kier alpha value is -2.78. The van der Waals surface area contributed by atoms with Gasteiger partial charge in [-0.1, -0.05) is 0 Å². The van der Waals surface area contributed by atoms with Crippen molar-refractivity contribution in [3.05, 3.63) is 35.1 Å². The third kappa shape index (κ3) is 4.99. The van der Waals surface area contributed by atoms with Crippen LogP contribution < -0.4 is 15.4 Å². The van der Waals surface area contributed by atoms with E-state index in [9.17, 15) is 4.79 Å². The minimum absolute atomic E-state index is 0.00350. The van der Waals surface area contributed by atoms with E-state index in [0.29, 0.717) is 28.8 Å². The Morgan fingerprint density at radius 2 is 2.07 bits per heavy atom. The first-order valence-corrected chi connectivity index (χ1v) is 10.2. The predicted octanol–water partition coefficient (Wildman–Crippen LogP) is 3.22. The van der Waals surface area contributed by atoms with Gasteiger partial charge in [-0.25, -0.2) is 15.0 Å². The highest BCUT2D eigenvalue weighted by molar-refractivity contribution is 7.20. The van der Waals surface area contributed by atoms with E-state index in [4.69, 9.17) is 4.74 Å². The van der Waals surface area contributed by atoms with E-state index in [0.717, 1.165) is 22.3 Å². The minimum Gasteiger partial charge on any atom is -0.473 e. The standard InChI is InChI=1S/C20H26N6O2S/c1-12(2)28-19-14(7-6-8-22-19)25-17-15-13(3)16(29-20(15)24-11-23-17)18(27)21-9-10-26(4)5/h6-8,11-12H,9-10H2,1-5H3,(H,21,27)(H,23,24,25). The van der Waals surface area contributed by atoms with Crippen LogP contribution in [-0.4, -0.2) is 59.0 Å². The molecule has 3 aromatic heterocycles. The molecular formula is C20H26N6O2S. The second kappa shape index (κ2) is 9.15. The summed E-state index contributed by atoms with van der Waals surface area (Å²) in [6.07, 6.45) is 3.18. The summed E-state index contributed by atoms with van der Waals surface area (Å²) in [4.78, 5) is 29.1. The fraction of sp³-hybridized carbons (Fsp3) is 0.400. The normalized spacial score (nSPS) is 11.3. The van der Waals surface area contributed by atoms with E-state index in [-0.39, 0.29) is 12.0 Å². The molecule has 0 unspecified atom stereocenters. The number of ether oxygens (including phenoxy) is 1. The molecular weight excluding hydrogens is 388 g/mol. The Labute approximate surface area is 174 Å². The molecule has 2 N–H and O–H groups in total. The molecule has 0 saturated heterocycles. The number of carbonyl (C=O) groups is 1. The van der Waals surface area contributed by atoms with Crippen LogP contribution in [0.4, 0.5) is 11.5 Å². The Balaban J connectivity index is 1.91. The van der Waals surface area contributed by atoms with Crippen molar-refractivity contribution in [2.75, 3.05) is 32.5 Å². The van der Waals surface area contributed by atoms with Crippen LogP contribution in [-0.2, 0) is 0 Å². The Kier molecular flexibility index (Phi) is 6.60. The van der Waals surface area contributed by atoms with Crippen molar-refractivity contribution in [1.29, 1.82) is 0 Å².